The van der Waals surface area contributed by atoms with Crippen LogP contribution in [0.25, 0.3) is 0 Å². The first kappa shape index (κ1) is 11.9. The minimum atomic E-state index is -0.293. The summed E-state index contributed by atoms with van der Waals surface area (Å²) in [5.74, 6) is -0.293. The Labute approximate surface area is 105 Å². The first-order valence-electron chi connectivity index (χ1n) is 5.43. The van der Waals surface area contributed by atoms with E-state index in [1.807, 2.05) is 18.2 Å². The Morgan fingerprint density at radius 2 is 2.11 bits per heavy atom. The van der Waals surface area contributed by atoms with E-state index in [0.717, 1.165) is 5.69 Å². The molecule has 0 unspecified atom stereocenters. The molecule has 0 fully saturated rings. The van der Waals surface area contributed by atoms with Crippen LogP contribution < -0.4 is 5.43 Å². The second-order valence-corrected chi connectivity index (χ2v) is 3.59. The summed E-state index contributed by atoms with van der Waals surface area (Å²) in [5.41, 5.74) is 4.31. The third-order valence-corrected chi connectivity index (χ3v) is 2.28. The fourth-order valence-electron chi connectivity index (χ4n) is 1.33. The molecule has 0 aliphatic rings. The summed E-state index contributed by atoms with van der Waals surface area (Å²) in [6, 6.07) is 8.89. The van der Waals surface area contributed by atoms with Crippen LogP contribution in [-0.4, -0.2) is 21.6 Å². The first-order valence-corrected chi connectivity index (χ1v) is 5.43. The van der Waals surface area contributed by atoms with Gasteiger partial charge < -0.3 is 0 Å². The van der Waals surface area contributed by atoms with E-state index in [-0.39, 0.29) is 5.91 Å². The summed E-state index contributed by atoms with van der Waals surface area (Å²) in [6.07, 6.45) is 4.78. The van der Waals surface area contributed by atoms with Crippen LogP contribution in [0.5, 0.6) is 0 Å². The standard InChI is InChI=1S/C13H12N4O/c1-10(12-6-2-3-8-15-12)16-17-13(18)11-5-4-7-14-9-11/h2-9H,1H3,(H,17,18)/b16-10-. The molecule has 0 aliphatic heterocycles. The molecule has 5 heteroatoms. The molecule has 90 valence electrons. The van der Waals surface area contributed by atoms with Crippen molar-refractivity contribution in [2.75, 3.05) is 0 Å². The topological polar surface area (TPSA) is 67.2 Å². The number of nitrogens with one attached hydrogen (secondary N) is 1. The van der Waals surface area contributed by atoms with Crippen molar-refractivity contribution in [3.8, 4) is 0 Å². The van der Waals surface area contributed by atoms with Crippen LogP contribution in [0, 0.1) is 0 Å². The van der Waals surface area contributed by atoms with Gasteiger partial charge >= 0.3 is 0 Å². The van der Waals surface area contributed by atoms with E-state index in [9.17, 15) is 4.79 Å². The normalized spacial score (nSPS) is 11.1. The Morgan fingerprint density at radius 1 is 1.22 bits per heavy atom. The van der Waals surface area contributed by atoms with Crippen molar-refractivity contribution in [2.24, 2.45) is 5.10 Å². The summed E-state index contributed by atoms with van der Waals surface area (Å²) in [5, 5.41) is 4.00. The molecule has 1 N–H and O–H groups in total. The van der Waals surface area contributed by atoms with Crippen molar-refractivity contribution in [1.29, 1.82) is 0 Å². The van der Waals surface area contributed by atoms with Crippen molar-refractivity contribution in [3.05, 3.63) is 60.2 Å². The van der Waals surface area contributed by atoms with Gasteiger partial charge in [-0.15, -0.1) is 0 Å². The maximum Gasteiger partial charge on any atom is 0.272 e. The molecule has 0 saturated carbocycles. The molecule has 0 atom stereocenters. The molecule has 2 heterocycles. The molecule has 0 bridgehead atoms. The van der Waals surface area contributed by atoms with Crippen molar-refractivity contribution in [3.63, 3.8) is 0 Å². The van der Waals surface area contributed by atoms with Gasteiger partial charge in [-0.25, -0.2) is 5.43 Å². The monoisotopic (exact) mass is 240 g/mol. The van der Waals surface area contributed by atoms with E-state index in [0.29, 0.717) is 11.3 Å². The molecular formula is C13H12N4O. The minimum absolute atomic E-state index is 0.293. The lowest BCUT2D eigenvalue weighted by Gasteiger charge is -2.01. The van der Waals surface area contributed by atoms with Gasteiger partial charge in [-0.05, 0) is 31.2 Å². The average molecular weight is 240 g/mol. The molecule has 0 aliphatic carbocycles. The lowest BCUT2D eigenvalue weighted by molar-refractivity contribution is 0.0954. The highest BCUT2D eigenvalue weighted by Crippen LogP contribution is 1.97. The van der Waals surface area contributed by atoms with Crippen LogP contribution in [0.15, 0.2) is 54.0 Å². The molecule has 0 radical (unpaired) electrons. The van der Waals surface area contributed by atoms with Gasteiger partial charge in [-0.3, -0.25) is 14.8 Å². The molecule has 2 rings (SSSR count). The first-order chi connectivity index (χ1) is 8.77. The molecule has 0 saturated heterocycles. The van der Waals surface area contributed by atoms with Gasteiger partial charge in [-0.2, -0.15) is 5.10 Å². The van der Waals surface area contributed by atoms with Crippen molar-refractivity contribution < 1.29 is 4.79 Å². The van der Waals surface area contributed by atoms with Crippen LogP contribution >= 0.6 is 0 Å². The largest absolute Gasteiger partial charge is 0.272 e. The summed E-state index contributed by atoms with van der Waals surface area (Å²) in [6.45, 7) is 1.78. The van der Waals surface area contributed by atoms with Crippen molar-refractivity contribution in [1.82, 2.24) is 15.4 Å². The van der Waals surface area contributed by atoms with E-state index >= 15 is 0 Å². The quantitative estimate of drug-likeness (QED) is 0.655. The van der Waals surface area contributed by atoms with E-state index < -0.39 is 0 Å². The molecular weight excluding hydrogens is 228 g/mol. The summed E-state index contributed by atoms with van der Waals surface area (Å²) in [7, 11) is 0. The van der Waals surface area contributed by atoms with E-state index in [1.54, 1.807) is 31.5 Å². The highest BCUT2D eigenvalue weighted by Gasteiger charge is 2.04. The lowest BCUT2D eigenvalue weighted by Crippen LogP contribution is -2.19. The highest BCUT2D eigenvalue weighted by atomic mass is 16.2. The molecule has 5 nitrogen and oxygen atoms in total. The Balaban J connectivity index is 2.05. The SMILES string of the molecule is C/C(=N/NC(=O)c1cccnc1)c1ccccn1. The zero-order valence-corrected chi connectivity index (χ0v) is 9.87. The second-order valence-electron chi connectivity index (χ2n) is 3.59. The van der Waals surface area contributed by atoms with Crippen molar-refractivity contribution in [2.45, 2.75) is 6.92 Å². The predicted molar refractivity (Wildman–Crippen MR) is 68.2 cm³/mol. The van der Waals surface area contributed by atoms with E-state index in [1.165, 1.54) is 6.20 Å². The number of hydrogen-bond acceptors (Lipinski definition) is 4. The van der Waals surface area contributed by atoms with Gasteiger partial charge in [0, 0.05) is 18.6 Å². The number of aromatic nitrogens is 2. The van der Waals surface area contributed by atoms with Gasteiger partial charge in [-0.1, -0.05) is 6.07 Å². The van der Waals surface area contributed by atoms with Crippen LogP contribution in [0.2, 0.25) is 0 Å². The number of pyridine rings is 2. The Morgan fingerprint density at radius 3 is 2.78 bits per heavy atom. The maximum atomic E-state index is 11.7. The third-order valence-electron chi connectivity index (χ3n) is 2.28. The van der Waals surface area contributed by atoms with Crippen LogP contribution in [-0.2, 0) is 0 Å². The van der Waals surface area contributed by atoms with Gasteiger partial charge in [0.05, 0.1) is 17.0 Å². The number of carbonyl (C=O) groups excluding carboxylic acids is 1. The zero-order chi connectivity index (χ0) is 12.8. The third kappa shape index (κ3) is 2.98. The molecule has 2 aromatic heterocycles. The molecule has 0 spiro atoms. The fraction of sp³-hybridized carbons (Fsp3) is 0.0769. The molecule has 1 amide bonds. The Bertz CT molecular complexity index is 552. The summed E-state index contributed by atoms with van der Waals surface area (Å²) in [4.78, 5) is 19.7. The van der Waals surface area contributed by atoms with Gasteiger partial charge in [0.2, 0.25) is 0 Å². The second kappa shape index (κ2) is 5.67. The predicted octanol–water partition coefficient (Wildman–Crippen LogP) is 1.63. The number of nitrogens with zero attached hydrogens (tertiary/aromatic N) is 3. The fourth-order valence-corrected chi connectivity index (χ4v) is 1.33. The van der Waals surface area contributed by atoms with Gasteiger partial charge in [0.15, 0.2) is 0 Å². The maximum absolute atomic E-state index is 11.7. The van der Waals surface area contributed by atoms with Gasteiger partial charge in [0.1, 0.15) is 0 Å². The summed E-state index contributed by atoms with van der Waals surface area (Å²) < 4.78 is 0. The summed E-state index contributed by atoms with van der Waals surface area (Å²) >= 11 is 0. The lowest BCUT2D eigenvalue weighted by atomic mass is 10.2. The number of amides is 1. The molecule has 0 aromatic carbocycles. The number of hydrazone groups is 1. The van der Waals surface area contributed by atoms with Gasteiger partial charge in [0.25, 0.3) is 5.91 Å². The van der Waals surface area contributed by atoms with Crippen LogP contribution in [0.1, 0.15) is 23.0 Å². The zero-order valence-electron chi connectivity index (χ0n) is 9.87. The van der Waals surface area contributed by atoms with Crippen LogP contribution in [0.4, 0.5) is 0 Å². The number of hydrogen-bond donors (Lipinski definition) is 1. The highest BCUT2D eigenvalue weighted by molar-refractivity contribution is 5.99. The Hall–Kier alpha value is -2.56. The minimum Gasteiger partial charge on any atom is -0.267 e. The molecule has 2 aromatic rings. The van der Waals surface area contributed by atoms with Crippen molar-refractivity contribution >= 4 is 11.6 Å². The van der Waals surface area contributed by atoms with Crippen LogP contribution in [0.3, 0.4) is 0 Å². The van der Waals surface area contributed by atoms with E-state index in [4.69, 9.17) is 0 Å². The number of rotatable bonds is 3. The van der Waals surface area contributed by atoms with E-state index in [2.05, 4.69) is 20.5 Å². The Kier molecular flexibility index (Phi) is 3.76. The molecule has 18 heavy (non-hydrogen) atoms. The smallest absolute Gasteiger partial charge is 0.267 e. The average Bonchev–Trinajstić information content (AvgIpc) is 2.46. The number of carbonyl (C=O) groups is 1.